The minimum Gasteiger partial charge on any atom is -0.396 e. The van der Waals surface area contributed by atoms with Gasteiger partial charge in [0.2, 0.25) is 5.91 Å². The van der Waals surface area contributed by atoms with E-state index in [1.165, 1.54) is 3.97 Å². The Bertz CT molecular complexity index is 2340. The predicted molar refractivity (Wildman–Crippen MR) is 196 cm³/mol. The largest absolute Gasteiger partial charge is 0.396 e. The first-order chi connectivity index (χ1) is 24.7. The lowest BCUT2D eigenvalue weighted by Crippen LogP contribution is -2.48. The molecule has 1 fully saturated rings. The minimum atomic E-state index is -4.17. The second-order valence-electron chi connectivity index (χ2n) is 13.5. The lowest BCUT2D eigenvalue weighted by atomic mass is 9.72. The van der Waals surface area contributed by atoms with E-state index in [1.54, 1.807) is 66.4 Å². The zero-order valence-electron chi connectivity index (χ0n) is 28.7. The fraction of sp³-hybridized carbons (Fsp3) is 0.316. The highest BCUT2D eigenvalue weighted by Gasteiger charge is 2.53. The summed E-state index contributed by atoms with van der Waals surface area (Å²) in [5.41, 5.74) is 4.52. The molecule has 2 aliphatic rings. The molecule has 1 spiro atoms. The molecule has 0 atom stereocenters. The Balaban J connectivity index is 1.32. The summed E-state index contributed by atoms with van der Waals surface area (Å²) in [4.78, 5) is 23.5. The van der Waals surface area contributed by atoms with E-state index in [2.05, 4.69) is 21.3 Å². The van der Waals surface area contributed by atoms with Gasteiger partial charge in [-0.15, -0.1) is 0 Å². The molecule has 1 amide bonds. The summed E-state index contributed by atoms with van der Waals surface area (Å²) in [5.74, 6) is -0.00775. The van der Waals surface area contributed by atoms with Gasteiger partial charge in [-0.2, -0.15) is 10.2 Å². The van der Waals surface area contributed by atoms with Crippen LogP contribution in [0.15, 0.2) is 96.5 Å². The first-order valence-electron chi connectivity index (χ1n) is 17.3. The molecule has 2 aliphatic heterocycles. The molecule has 1 saturated heterocycles. The van der Waals surface area contributed by atoms with E-state index in [-0.39, 0.29) is 23.1 Å². The van der Waals surface area contributed by atoms with Gasteiger partial charge in [0.05, 0.1) is 46.0 Å². The van der Waals surface area contributed by atoms with Crippen LogP contribution in [-0.4, -0.2) is 74.7 Å². The van der Waals surface area contributed by atoms with Crippen LogP contribution in [0.3, 0.4) is 0 Å². The van der Waals surface area contributed by atoms with Gasteiger partial charge >= 0.3 is 0 Å². The van der Waals surface area contributed by atoms with E-state index in [4.69, 9.17) is 10.1 Å². The van der Waals surface area contributed by atoms with Gasteiger partial charge in [-0.25, -0.2) is 17.4 Å². The van der Waals surface area contributed by atoms with E-state index in [9.17, 15) is 13.2 Å². The Morgan fingerprint density at radius 1 is 0.843 bits per heavy atom. The third kappa shape index (κ3) is 5.33. The number of amides is 1. The number of aliphatic hydroxyl groups is 1. The third-order valence-corrected chi connectivity index (χ3v) is 12.1. The van der Waals surface area contributed by atoms with Gasteiger partial charge in [0, 0.05) is 74.8 Å². The number of likely N-dealkylation sites (N-methyl/N-ethyl adjacent to an activating group) is 1. The van der Waals surface area contributed by atoms with Crippen LogP contribution in [-0.2, 0) is 33.8 Å². The molecule has 0 aliphatic carbocycles. The molecule has 51 heavy (non-hydrogen) atoms. The minimum absolute atomic E-state index is 0.00775. The van der Waals surface area contributed by atoms with Crippen molar-refractivity contribution in [1.29, 1.82) is 0 Å². The summed E-state index contributed by atoms with van der Waals surface area (Å²) in [5, 5.41) is 18.8. The second-order valence-corrected chi connectivity index (χ2v) is 15.3. The van der Waals surface area contributed by atoms with Crippen LogP contribution in [0.5, 0.6) is 0 Å². The number of benzene rings is 2. The molecule has 0 saturated carbocycles. The highest BCUT2D eigenvalue weighted by Crippen LogP contribution is 2.54. The van der Waals surface area contributed by atoms with E-state index < -0.39 is 15.4 Å². The summed E-state index contributed by atoms with van der Waals surface area (Å²) >= 11 is 0. The molecule has 6 aromatic rings. The number of unbranched alkanes of at least 4 members (excludes halogenated alkanes) is 2. The molecule has 4 aromatic heterocycles. The van der Waals surface area contributed by atoms with Gasteiger partial charge in [-0.1, -0.05) is 48.5 Å². The van der Waals surface area contributed by atoms with Gasteiger partial charge in [-0.05, 0) is 49.8 Å². The number of hydrogen-bond donors (Lipinski definition) is 1. The molecule has 13 heteroatoms. The zero-order valence-corrected chi connectivity index (χ0v) is 29.5. The number of rotatable bonds is 10. The van der Waals surface area contributed by atoms with Crippen molar-refractivity contribution >= 4 is 38.3 Å². The van der Waals surface area contributed by atoms with Crippen molar-refractivity contribution in [1.82, 2.24) is 28.5 Å². The van der Waals surface area contributed by atoms with Gasteiger partial charge in [0.25, 0.3) is 10.0 Å². The Morgan fingerprint density at radius 2 is 1.57 bits per heavy atom. The second kappa shape index (κ2) is 12.8. The number of carbonyl (C=O) groups excluding carboxylic acids is 1. The van der Waals surface area contributed by atoms with Crippen LogP contribution in [0.2, 0.25) is 0 Å². The van der Waals surface area contributed by atoms with Crippen LogP contribution in [0.1, 0.15) is 37.7 Å². The molecule has 0 radical (unpaired) electrons. The van der Waals surface area contributed by atoms with Crippen LogP contribution < -0.4 is 9.80 Å². The monoisotopic (exact) mass is 704 g/mol. The Morgan fingerprint density at radius 3 is 2.25 bits per heavy atom. The van der Waals surface area contributed by atoms with E-state index in [1.807, 2.05) is 47.4 Å². The maximum absolute atomic E-state index is 14.8. The maximum atomic E-state index is 14.8. The standard InChI is InChI=1S/C38H40N8O4S/c1-42-25-28(22-40-42)35-32(27-12-6-3-7-13-27)33-34-31(24-39-36(33)46(35)51(49,50)30-14-8-4-9-15-30)43(2)37(48)38(34)16-19-44(20-17-38)29-23-41-45(26-29)18-10-5-11-21-47/h3-4,6-9,12-15,22-26,47H,5,10-11,16-21H2,1-2H3. The molecular weight excluding hydrogens is 665 g/mol. The SMILES string of the molecule is CN1C(=O)C2(CCN(c3cnn(CCCCCO)c3)CC2)c2c1cnc1c2c(-c2ccccc2)c(-c2cnn(C)c2)n1S(=O)(=O)c1ccccc1. The number of pyridine rings is 1. The van der Waals surface area contributed by atoms with Crippen molar-refractivity contribution in [2.75, 3.05) is 36.5 Å². The van der Waals surface area contributed by atoms with E-state index >= 15 is 0 Å². The summed E-state index contributed by atoms with van der Waals surface area (Å²) < 4.78 is 34.5. The first-order valence-corrected chi connectivity index (χ1v) is 18.8. The van der Waals surface area contributed by atoms with Crippen LogP contribution >= 0.6 is 0 Å². The highest BCUT2D eigenvalue weighted by molar-refractivity contribution is 7.90. The van der Waals surface area contributed by atoms with E-state index in [0.717, 1.165) is 42.6 Å². The summed E-state index contributed by atoms with van der Waals surface area (Å²) in [6, 6.07) is 18.2. The molecule has 0 bridgehead atoms. The molecule has 262 valence electrons. The van der Waals surface area contributed by atoms with Crippen molar-refractivity contribution in [2.45, 2.75) is 49.0 Å². The summed E-state index contributed by atoms with van der Waals surface area (Å²) in [6.07, 6.45) is 12.8. The Labute approximate surface area is 296 Å². The number of carbonyl (C=O) groups is 1. The van der Waals surface area contributed by atoms with Crippen molar-refractivity contribution in [3.05, 3.63) is 97.2 Å². The van der Waals surface area contributed by atoms with Crippen LogP contribution in [0.4, 0.5) is 11.4 Å². The lowest BCUT2D eigenvalue weighted by Gasteiger charge is -2.39. The fourth-order valence-corrected chi connectivity index (χ4v) is 9.43. The number of aromatic nitrogens is 6. The molecule has 8 rings (SSSR count). The lowest BCUT2D eigenvalue weighted by molar-refractivity contribution is -0.123. The van der Waals surface area contributed by atoms with Crippen molar-refractivity contribution in [3.8, 4) is 22.4 Å². The fourth-order valence-electron chi connectivity index (χ4n) is 7.92. The average Bonchev–Trinajstić information content (AvgIpc) is 3.93. The molecule has 6 heterocycles. The molecule has 2 aromatic carbocycles. The molecular formula is C38H40N8O4S. The Hall–Kier alpha value is -5.27. The number of anilines is 2. The molecule has 0 unspecified atom stereocenters. The zero-order chi connectivity index (χ0) is 35.3. The van der Waals surface area contributed by atoms with Gasteiger partial charge in [0.1, 0.15) is 0 Å². The smallest absolute Gasteiger partial charge is 0.269 e. The third-order valence-electron chi connectivity index (χ3n) is 10.4. The van der Waals surface area contributed by atoms with Gasteiger partial charge in [-0.3, -0.25) is 14.2 Å². The molecule has 1 N–H and O–H groups in total. The van der Waals surface area contributed by atoms with E-state index in [0.29, 0.717) is 53.8 Å². The van der Waals surface area contributed by atoms with Gasteiger partial charge < -0.3 is 14.9 Å². The van der Waals surface area contributed by atoms with Crippen LogP contribution in [0, 0.1) is 0 Å². The van der Waals surface area contributed by atoms with Crippen molar-refractivity contribution in [2.24, 2.45) is 7.05 Å². The van der Waals surface area contributed by atoms with Crippen molar-refractivity contribution < 1.29 is 18.3 Å². The summed E-state index contributed by atoms with van der Waals surface area (Å²) in [6.45, 7) is 2.23. The Kier molecular flexibility index (Phi) is 8.26. The van der Waals surface area contributed by atoms with Crippen LogP contribution in [0.25, 0.3) is 33.4 Å². The number of nitrogens with zero attached hydrogens (tertiary/aromatic N) is 8. The first kappa shape index (κ1) is 32.9. The number of piperidine rings is 1. The number of aryl methyl sites for hydroxylation is 2. The number of fused-ring (bicyclic) bond motifs is 4. The quantitative estimate of drug-likeness (QED) is 0.192. The predicted octanol–water partition coefficient (Wildman–Crippen LogP) is 5.21. The maximum Gasteiger partial charge on any atom is 0.269 e. The van der Waals surface area contributed by atoms with Crippen molar-refractivity contribution in [3.63, 3.8) is 0 Å². The van der Waals surface area contributed by atoms with Gasteiger partial charge in [0.15, 0.2) is 5.65 Å². The number of hydrogen-bond acceptors (Lipinski definition) is 8. The average molecular weight is 705 g/mol. The number of aliphatic hydroxyl groups excluding tert-OH is 1. The molecule has 12 nitrogen and oxygen atoms in total. The normalized spacial score (nSPS) is 15.7. The highest BCUT2D eigenvalue weighted by atomic mass is 32.2. The summed E-state index contributed by atoms with van der Waals surface area (Å²) in [7, 11) is -0.579. The topological polar surface area (TPSA) is 131 Å².